The molecule has 3 aliphatic rings. The molecule has 0 unspecified atom stereocenters. The first-order chi connectivity index (χ1) is 52.6. The van der Waals surface area contributed by atoms with Gasteiger partial charge in [0.1, 0.15) is 0 Å². The Morgan fingerprint density at radius 3 is 0.807 bits per heavy atom. The van der Waals surface area contributed by atoms with Crippen molar-refractivity contribution < 1.29 is 10.0 Å². The van der Waals surface area contributed by atoms with Crippen LogP contribution in [0.3, 0.4) is 0 Å². The van der Waals surface area contributed by atoms with Gasteiger partial charge in [-0.25, -0.2) is 0 Å². The minimum atomic E-state index is -1.34. The number of hydrogen-bond acceptors (Lipinski definition) is 3. The Morgan fingerprint density at radius 2 is 0.495 bits per heavy atom. The van der Waals surface area contributed by atoms with E-state index in [1.54, 1.807) is 24.3 Å². The Morgan fingerprint density at radius 1 is 0.248 bits per heavy atom. The lowest BCUT2D eigenvalue weighted by molar-refractivity contribution is 0.426. The topological polar surface area (TPSA) is 52.5 Å². The fourth-order valence-electron chi connectivity index (χ4n) is 15.8. The van der Waals surface area contributed by atoms with Crippen LogP contribution in [0.1, 0.15) is 74.9 Å². The molecule has 0 radical (unpaired) electrons. The van der Waals surface area contributed by atoms with E-state index in [-0.39, 0.29) is 16.2 Å². The van der Waals surface area contributed by atoms with Gasteiger partial charge in [-0.2, -0.15) is 0 Å². The largest absolute Gasteiger partial charge is 0.488 e. The van der Waals surface area contributed by atoms with Crippen molar-refractivity contribution >= 4 is 191 Å². The highest BCUT2D eigenvalue weighted by Gasteiger charge is 2.38. The van der Waals surface area contributed by atoms with Crippen molar-refractivity contribution in [2.24, 2.45) is 0 Å². The Kier molecular flexibility index (Phi) is 22.1. The van der Waals surface area contributed by atoms with E-state index in [1.807, 2.05) is 42.5 Å². The molecule has 10 heteroatoms. The van der Waals surface area contributed by atoms with Gasteiger partial charge in [-0.15, -0.1) is 0 Å². The van der Waals surface area contributed by atoms with E-state index in [9.17, 15) is 0 Å². The Bertz CT molecular complexity index is 6130. The fourth-order valence-corrected chi connectivity index (χ4v) is 18.1. The van der Waals surface area contributed by atoms with Crippen LogP contribution < -0.4 is 10.8 Å². The standard InChI is InChI=1S/C29H21Br.C23H17Br.C18H15N.C17H12Br2.C6H7BO2.C6H4BrI/c1-29(2)25-16-22(18-6-4-3-5-7-18)14-20-8-9-21-15-23(17-26(29)28(21)27(20)25)19-10-12-24(30)13-11-19;1-23(2)19-12-17(14-6-4-3-5-7-14)10-15-8-9-16-11-18(24)13-20(23)22(16)21(15)19;1-3-7-15(8-4-1)16-11-13-18(14-12-16)19-17-9-5-2-6-10-17;1-17(2)13-7-11(18)5-9-3-4-10-6-12(19)8-14(17)16(10)15(9)13;8-7(9)6-4-2-1-3-5-6;7-5-1-3-6(8)4-2-5/h3-17H,1-2H3;3-13H,1-2H3;1-14,19H;3-8H,1-2H3;1-5,8-9H;1-4H. The number of anilines is 2. The maximum Gasteiger partial charge on any atom is 0.488 e. The first-order valence-corrected chi connectivity index (χ1v) is 41.4. The molecule has 17 aromatic rings. The smallest absolute Gasteiger partial charge is 0.423 e. The summed E-state index contributed by atoms with van der Waals surface area (Å²) in [5, 5.41) is 37.1. The number of nitrogens with one attached hydrogen (secondary N) is 1. The fraction of sp³-hybridized carbons (Fsp3) is 0.0909. The minimum Gasteiger partial charge on any atom is -0.423 e. The van der Waals surface area contributed by atoms with Gasteiger partial charge in [-0.1, -0.05) is 321 Å². The van der Waals surface area contributed by atoms with Crippen LogP contribution in [-0.4, -0.2) is 17.2 Å². The molecule has 0 atom stereocenters. The summed E-state index contributed by atoms with van der Waals surface area (Å²) in [7, 11) is -1.34. The molecule has 3 nitrogen and oxygen atoms in total. The average molecular weight is 1850 g/mol. The van der Waals surface area contributed by atoms with E-state index in [2.05, 4.69) is 416 Å². The summed E-state index contributed by atoms with van der Waals surface area (Å²) < 4.78 is 7.00. The van der Waals surface area contributed by atoms with Gasteiger partial charge in [0.05, 0.1) is 0 Å². The van der Waals surface area contributed by atoms with Gasteiger partial charge < -0.3 is 15.4 Å². The number of benzene rings is 17. The molecule has 0 amide bonds. The summed E-state index contributed by atoms with van der Waals surface area (Å²) in [6.45, 7) is 14.1. The number of para-hydroxylation sites is 1. The Balaban J connectivity index is 0.000000109. The van der Waals surface area contributed by atoms with E-state index >= 15 is 0 Å². The molecule has 17 aromatic carbocycles. The molecule has 0 aromatic heterocycles. The molecule has 3 aliphatic carbocycles. The SMILES string of the molecule is Brc1ccc(I)cc1.CC1(C)c2cc(-c3ccccc3)cc3ccc4cc(-c5ccc(Br)cc5)cc1c4c23.CC1(C)c2cc(Br)cc3ccc4cc(-c5ccccc5)cc1c4c23.CC1(C)c2cc(Br)cc3ccc4cc(Br)cc1c4c23.OB(O)c1ccccc1.c1ccc(Nc2ccc(-c3ccccc3)cc2)cc1. The highest BCUT2D eigenvalue weighted by molar-refractivity contribution is 14.1. The highest BCUT2D eigenvalue weighted by atomic mass is 127. The molecule has 0 heterocycles. The van der Waals surface area contributed by atoms with Gasteiger partial charge in [0, 0.05) is 53.6 Å². The molecule has 534 valence electrons. The highest BCUT2D eigenvalue weighted by Crippen LogP contribution is 2.54. The van der Waals surface area contributed by atoms with Crippen LogP contribution in [0, 0.1) is 3.57 Å². The van der Waals surface area contributed by atoms with Gasteiger partial charge in [0.15, 0.2) is 0 Å². The summed E-state index contributed by atoms with van der Waals surface area (Å²) in [6.07, 6.45) is 0. The molecular weight excluding hydrogens is 1770 g/mol. The molecule has 0 spiro atoms. The lowest BCUT2D eigenvalue weighted by Crippen LogP contribution is -2.29. The average Bonchev–Trinajstić information content (AvgIpc) is 1.57. The summed E-state index contributed by atoms with van der Waals surface area (Å²) in [6, 6.07) is 117. The van der Waals surface area contributed by atoms with Gasteiger partial charge >= 0.3 is 7.12 Å². The monoisotopic (exact) mass is 1840 g/mol. The van der Waals surface area contributed by atoms with E-state index in [4.69, 9.17) is 10.0 Å². The lowest BCUT2D eigenvalue weighted by atomic mass is 9.80. The molecule has 109 heavy (non-hydrogen) atoms. The van der Waals surface area contributed by atoms with Crippen molar-refractivity contribution in [3.8, 4) is 44.5 Å². The quantitative estimate of drug-likeness (QED) is 0.0847. The maximum absolute atomic E-state index is 8.58. The third kappa shape index (κ3) is 15.7. The zero-order valence-corrected chi connectivity index (χ0v) is 71.1. The second kappa shape index (κ2) is 31.9. The van der Waals surface area contributed by atoms with Crippen molar-refractivity contribution in [1.82, 2.24) is 0 Å². The molecule has 20 rings (SSSR count). The van der Waals surface area contributed by atoms with Gasteiger partial charge in [-0.3, -0.25) is 0 Å². The van der Waals surface area contributed by atoms with Crippen LogP contribution in [0.25, 0.3) is 109 Å². The first kappa shape index (κ1) is 75.6. The summed E-state index contributed by atoms with van der Waals surface area (Å²) in [4.78, 5) is 0. The molecule has 3 N–H and O–H groups in total. The predicted octanol–water partition coefficient (Wildman–Crippen LogP) is 29.5. The Labute approximate surface area is 694 Å². The van der Waals surface area contributed by atoms with E-state index in [0.717, 1.165) is 33.7 Å². The second-order valence-electron chi connectivity index (χ2n) is 29.5. The summed E-state index contributed by atoms with van der Waals surface area (Å²) in [5.41, 5.74) is 21.6. The molecule has 0 aliphatic heterocycles. The lowest BCUT2D eigenvalue weighted by Gasteiger charge is -2.23. The molecule has 0 fully saturated rings. The minimum absolute atomic E-state index is 0.0226. The molecule has 0 saturated carbocycles. The van der Waals surface area contributed by atoms with Gasteiger partial charge in [-0.05, 0) is 304 Å². The second-order valence-corrected chi connectivity index (χ2v) is 35.3. The van der Waals surface area contributed by atoms with Crippen LogP contribution in [0.15, 0.2) is 356 Å². The first-order valence-electron chi connectivity index (χ1n) is 36.4. The molecule has 0 saturated heterocycles. The van der Waals surface area contributed by atoms with Crippen molar-refractivity contribution in [3.05, 3.63) is 393 Å². The van der Waals surface area contributed by atoms with Gasteiger partial charge in [0.2, 0.25) is 0 Å². The van der Waals surface area contributed by atoms with E-state index in [0.29, 0.717) is 5.46 Å². The van der Waals surface area contributed by atoms with Crippen LogP contribution in [-0.2, 0) is 16.2 Å². The predicted molar refractivity (Wildman–Crippen MR) is 493 cm³/mol. The van der Waals surface area contributed by atoms with Gasteiger partial charge in [0.25, 0.3) is 0 Å². The van der Waals surface area contributed by atoms with Crippen LogP contribution in [0.5, 0.6) is 0 Å². The summed E-state index contributed by atoms with van der Waals surface area (Å²) >= 11 is 20.2. The zero-order valence-electron chi connectivity index (χ0n) is 61.0. The van der Waals surface area contributed by atoms with Crippen molar-refractivity contribution in [2.45, 2.75) is 57.8 Å². The molecule has 0 bridgehead atoms. The van der Waals surface area contributed by atoms with Crippen LogP contribution in [0.4, 0.5) is 11.4 Å². The normalized spacial score (nSPS) is 13.1. The maximum atomic E-state index is 8.58. The number of hydrogen-bond donors (Lipinski definition) is 3. The van der Waals surface area contributed by atoms with E-state index in [1.165, 1.54) is 146 Å². The Hall–Kier alpha value is -8.79. The van der Waals surface area contributed by atoms with Crippen LogP contribution >= 0.6 is 102 Å². The molecular formula is C99H76BBr5INO2. The number of rotatable bonds is 7. The van der Waals surface area contributed by atoms with Crippen LogP contribution in [0.2, 0.25) is 0 Å². The third-order valence-corrected chi connectivity index (χ3v) is 24.5. The van der Waals surface area contributed by atoms with E-state index < -0.39 is 7.12 Å². The van der Waals surface area contributed by atoms with Crippen molar-refractivity contribution in [3.63, 3.8) is 0 Å². The summed E-state index contributed by atoms with van der Waals surface area (Å²) in [5.74, 6) is 0. The third-order valence-electron chi connectivity index (χ3n) is 21.4. The van der Waals surface area contributed by atoms with Crippen molar-refractivity contribution in [1.29, 1.82) is 0 Å². The number of halogens is 6. The zero-order chi connectivity index (χ0) is 75.9. The van der Waals surface area contributed by atoms with Crippen molar-refractivity contribution in [2.75, 3.05) is 5.32 Å².